The van der Waals surface area contributed by atoms with E-state index in [0.717, 1.165) is 0 Å². The highest BCUT2D eigenvalue weighted by Crippen LogP contribution is 1.95. The lowest BCUT2D eigenvalue weighted by Crippen LogP contribution is -2.10. The summed E-state index contributed by atoms with van der Waals surface area (Å²) in [5.74, 6) is 0.728. The predicted molar refractivity (Wildman–Crippen MR) is 56.5 cm³/mol. The first-order valence-electron chi connectivity index (χ1n) is 4.45. The van der Waals surface area contributed by atoms with Gasteiger partial charge in [0, 0.05) is 18.0 Å². The van der Waals surface area contributed by atoms with Gasteiger partial charge in [0.15, 0.2) is 0 Å². The average molecular weight is 194 g/mol. The van der Waals surface area contributed by atoms with E-state index in [1.54, 1.807) is 13.1 Å². The Kier molecular flexibility index (Phi) is 3.39. The predicted octanol–water partition coefficient (Wildman–Crippen LogP) is 1.13. The third-order valence-corrected chi connectivity index (χ3v) is 1.41. The number of anilines is 1. The van der Waals surface area contributed by atoms with Crippen molar-refractivity contribution in [3.05, 3.63) is 22.1 Å². The standard InChI is InChI=1S/C9H14N4O/c1-6(2)5-10-13-9-11-7(3)4-8(14)12-9/h4-6H,1-3H3,(H2,11,12,13,14)/b10-5+. The van der Waals surface area contributed by atoms with Crippen LogP contribution < -0.4 is 11.0 Å². The molecule has 0 unspecified atom stereocenters. The molecule has 0 aliphatic carbocycles. The van der Waals surface area contributed by atoms with E-state index in [-0.39, 0.29) is 5.56 Å². The second-order valence-electron chi connectivity index (χ2n) is 3.37. The minimum Gasteiger partial charge on any atom is -0.291 e. The Labute approximate surface area is 82.3 Å². The van der Waals surface area contributed by atoms with Crippen LogP contribution in [0.15, 0.2) is 16.0 Å². The third kappa shape index (κ3) is 3.38. The Morgan fingerprint density at radius 3 is 2.93 bits per heavy atom. The highest BCUT2D eigenvalue weighted by Gasteiger charge is 1.94. The van der Waals surface area contributed by atoms with Crippen LogP contribution in [0.4, 0.5) is 5.95 Å². The maximum absolute atomic E-state index is 11.0. The Balaban J connectivity index is 2.72. The molecule has 0 aliphatic heterocycles. The van der Waals surface area contributed by atoms with Crippen LogP contribution in [0, 0.1) is 12.8 Å². The van der Waals surface area contributed by atoms with E-state index in [1.807, 2.05) is 13.8 Å². The van der Waals surface area contributed by atoms with Crippen LogP contribution in [0.25, 0.3) is 0 Å². The van der Waals surface area contributed by atoms with Crippen molar-refractivity contribution in [2.24, 2.45) is 11.0 Å². The van der Waals surface area contributed by atoms with Crippen molar-refractivity contribution in [3.63, 3.8) is 0 Å². The van der Waals surface area contributed by atoms with E-state index in [9.17, 15) is 4.79 Å². The SMILES string of the molecule is Cc1cc(=O)[nH]c(N/N=C/C(C)C)n1. The van der Waals surface area contributed by atoms with Gasteiger partial charge in [-0.15, -0.1) is 0 Å². The van der Waals surface area contributed by atoms with Crippen LogP contribution in [0.5, 0.6) is 0 Å². The smallest absolute Gasteiger partial charge is 0.252 e. The van der Waals surface area contributed by atoms with Crippen LogP contribution in [0.3, 0.4) is 0 Å². The molecule has 1 aromatic rings. The van der Waals surface area contributed by atoms with E-state index in [1.165, 1.54) is 6.07 Å². The van der Waals surface area contributed by atoms with E-state index in [2.05, 4.69) is 20.5 Å². The van der Waals surface area contributed by atoms with Crippen molar-refractivity contribution in [1.82, 2.24) is 9.97 Å². The van der Waals surface area contributed by atoms with Gasteiger partial charge in [-0.25, -0.2) is 10.4 Å². The van der Waals surface area contributed by atoms with E-state index >= 15 is 0 Å². The molecule has 0 aliphatic rings. The topological polar surface area (TPSA) is 70.1 Å². The number of hydrazone groups is 1. The molecule has 76 valence electrons. The maximum atomic E-state index is 11.0. The molecule has 1 rings (SSSR count). The summed E-state index contributed by atoms with van der Waals surface area (Å²) in [6.07, 6.45) is 1.74. The number of rotatable bonds is 3. The third-order valence-electron chi connectivity index (χ3n) is 1.41. The number of nitrogens with one attached hydrogen (secondary N) is 2. The summed E-state index contributed by atoms with van der Waals surface area (Å²) in [6, 6.07) is 1.43. The summed E-state index contributed by atoms with van der Waals surface area (Å²) >= 11 is 0. The molecule has 5 heteroatoms. The van der Waals surface area contributed by atoms with Crippen molar-refractivity contribution >= 4 is 12.2 Å². The summed E-state index contributed by atoms with van der Waals surface area (Å²) in [5.41, 5.74) is 3.14. The molecule has 0 spiro atoms. The van der Waals surface area contributed by atoms with E-state index in [0.29, 0.717) is 17.6 Å². The lowest BCUT2D eigenvalue weighted by Gasteiger charge is -1.99. The Morgan fingerprint density at radius 1 is 1.64 bits per heavy atom. The molecule has 2 N–H and O–H groups in total. The molecule has 1 heterocycles. The van der Waals surface area contributed by atoms with Gasteiger partial charge >= 0.3 is 0 Å². The fourth-order valence-corrected chi connectivity index (χ4v) is 0.880. The molecule has 0 amide bonds. The van der Waals surface area contributed by atoms with Crippen molar-refractivity contribution < 1.29 is 0 Å². The van der Waals surface area contributed by atoms with Gasteiger partial charge in [0.2, 0.25) is 5.95 Å². The van der Waals surface area contributed by atoms with E-state index in [4.69, 9.17) is 0 Å². The minimum atomic E-state index is -0.181. The number of hydrogen-bond acceptors (Lipinski definition) is 4. The average Bonchev–Trinajstić information content (AvgIpc) is 2.01. The number of nitrogens with zero attached hydrogens (tertiary/aromatic N) is 2. The molecule has 14 heavy (non-hydrogen) atoms. The first-order chi connectivity index (χ1) is 6.58. The van der Waals surface area contributed by atoms with Crippen molar-refractivity contribution in [1.29, 1.82) is 0 Å². The van der Waals surface area contributed by atoms with Crippen molar-refractivity contribution in [3.8, 4) is 0 Å². The number of H-pyrrole nitrogens is 1. The van der Waals surface area contributed by atoms with Crippen molar-refractivity contribution in [2.45, 2.75) is 20.8 Å². The summed E-state index contributed by atoms with van der Waals surface area (Å²) < 4.78 is 0. The number of aromatic amines is 1. The highest BCUT2D eigenvalue weighted by atomic mass is 16.1. The minimum absolute atomic E-state index is 0.181. The molecule has 0 saturated heterocycles. The molecular weight excluding hydrogens is 180 g/mol. The largest absolute Gasteiger partial charge is 0.291 e. The lowest BCUT2D eigenvalue weighted by molar-refractivity contribution is 0.901. The quantitative estimate of drug-likeness (QED) is 0.559. The molecule has 1 aromatic heterocycles. The number of hydrogen-bond donors (Lipinski definition) is 2. The zero-order chi connectivity index (χ0) is 10.6. The van der Waals surface area contributed by atoms with Gasteiger partial charge in [0.1, 0.15) is 0 Å². The van der Waals surface area contributed by atoms with Gasteiger partial charge in [-0.05, 0) is 12.8 Å². The van der Waals surface area contributed by atoms with Gasteiger partial charge in [-0.1, -0.05) is 13.8 Å². The molecule has 5 nitrogen and oxygen atoms in total. The van der Waals surface area contributed by atoms with Crippen LogP contribution in [-0.4, -0.2) is 16.2 Å². The molecule has 0 saturated carbocycles. The summed E-state index contributed by atoms with van der Waals surface area (Å²) in [7, 11) is 0. The molecule has 0 atom stereocenters. The van der Waals surface area contributed by atoms with Gasteiger partial charge < -0.3 is 0 Å². The van der Waals surface area contributed by atoms with Crippen LogP contribution in [0.1, 0.15) is 19.5 Å². The normalized spacial score (nSPS) is 11.1. The van der Waals surface area contributed by atoms with Crippen LogP contribution >= 0.6 is 0 Å². The molecule has 0 bridgehead atoms. The zero-order valence-electron chi connectivity index (χ0n) is 8.53. The maximum Gasteiger partial charge on any atom is 0.252 e. The highest BCUT2D eigenvalue weighted by molar-refractivity contribution is 5.60. The Hall–Kier alpha value is -1.65. The van der Waals surface area contributed by atoms with E-state index < -0.39 is 0 Å². The lowest BCUT2D eigenvalue weighted by atomic mass is 10.3. The first kappa shape index (κ1) is 10.4. The molecule has 0 fully saturated rings. The van der Waals surface area contributed by atoms with Gasteiger partial charge in [0.05, 0.1) is 0 Å². The van der Waals surface area contributed by atoms with Crippen LogP contribution in [-0.2, 0) is 0 Å². The Bertz CT molecular complexity index is 381. The number of aromatic nitrogens is 2. The fraction of sp³-hybridized carbons (Fsp3) is 0.444. The first-order valence-corrected chi connectivity index (χ1v) is 4.45. The summed E-state index contributed by atoms with van der Waals surface area (Å²) in [5, 5.41) is 3.92. The number of aryl methyl sites for hydroxylation is 1. The Morgan fingerprint density at radius 2 is 2.36 bits per heavy atom. The second-order valence-corrected chi connectivity index (χ2v) is 3.37. The summed E-state index contributed by atoms with van der Waals surface area (Å²) in [4.78, 5) is 17.6. The summed E-state index contributed by atoms with van der Waals surface area (Å²) in [6.45, 7) is 5.78. The monoisotopic (exact) mass is 194 g/mol. The van der Waals surface area contributed by atoms with Gasteiger partial charge in [0.25, 0.3) is 5.56 Å². The second kappa shape index (κ2) is 4.55. The fourth-order valence-electron chi connectivity index (χ4n) is 0.880. The van der Waals surface area contributed by atoms with Gasteiger partial charge in [-0.2, -0.15) is 5.10 Å². The molecular formula is C9H14N4O. The van der Waals surface area contributed by atoms with Gasteiger partial charge in [-0.3, -0.25) is 9.78 Å². The van der Waals surface area contributed by atoms with Crippen molar-refractivity contribution in [2.75, 3.05) is 5.43 Å². The van der Waals surface area contributed by atoms with Crippen LogP contribution in [0.2, 0.25) is 0 Å². The molecule has 0 radical (unpaired) electrons. The molecule has 0 aromatic carbocycles. The zero-order valence-corrected chi connectivity index (χ0v) is 8.53.